The summed E-state index contributed by atoms with van der Waals surface area (Å²) in [4.78, 5) is 23.9. The highest BCUT2D eigenvalue weighted by Gasteiger charge is 2.06. The Labute approximate surface area is 173 Å². The van der Waals surface area contributed by atoms with Crippen LogP contribution in [0.15, 0.2) is 48.6 Å². The molecule has 0 aliphatic carbocycles. The number of carbonyl (C=O) groups is 2. The van der Waals surface area contributed by atoms with E-state index in [0.29, 0.717) is 22.6 Å². The monoisotopic (exact) mass is 417 g/mol. The zero-order chi connectivity index (χ0) is 22.5. The molecule has 0 aliphatic rings. The summed E-state index contributed by atoms with van der Waals surface area (Å²) >= 11 is 0. The molecule has 2 aromatic rings. The van der Waals surface area contributed by atoms with Gasteiger partial charge in [0.1, 0.15) is 0 Å². The molecule has 1 radical (unpaired) electrons. The summed E-state index contributed by atoms with van der Waals surface area (Å²) in [6.07, 6.45) is 5.44. The molecule has 0 amide bonds. The first-order valence-corrected chi connectivity index (χ1v) is 8.52. The van der Waals surface area contributed by atoms with Crippen molar-refractivity contribution < 1.29 is 37.9 Å². The number of ketones is 2. The molecule has 0 unspecified atom stereocenters. The van der Waals surface area contributed by atoms with Crippen molar-refractivity contribution in [1.29, 1.82) is 0 Å². The second-order valence-corrected chi connectivity index (χ2v) is 5.72. The molecule has 0 bridgehead atoms. The Bertz CT molecular complexity index is 854. The van der Waals surface area contributed by atoms with Crippen LogP contribution in [0.5, 0.6) is 23.0 Å². The minimum absolute atomic E-state index is 0.00662. The number of aromatic hydroxyl groups is 2. The molecule has 0 saturated carbocycles. The summed E-state index contributed by atoms with van der Waals surface area (Å²) in [7, 11) is 1.87. The number of hydrogen-bond donors (Lipinski definition) is 2. The van der Waals surface area contributed by atoms with Gasteiger partial charge in [-0.05, 0) is 47.5 Å². The number of allylic oxidation sites excluding steroid dienone is 2. The smallest absolute Gasteiger partial charge is 0.504 e. The minimum atomic E-state index is -1.00. The molecule has 2 aromatic carbocycles. The van der Waals surface area contributed by atoms with Gasteiger partial charge in [0.05, 0.1) is 20.6 Å². The average Bonchev–Trinajstić information content (AvgIpc) is 2.73. The highest BCUT2D eigenvalue weighted by atomic mass is 19.2. The molecular weight excluding hydrogens is 397 g/mol. The van der Waals surface area contributed by atoms with Crippen LogP contribution in [0.25, 0.3) is 12.2 Å². The Morgan fingerprint density at radius 3 is 1.57 bits per heavy atom. The third-order valence-corrected chi connectivity index (χ3v) is 3.68. The van der Waals surface area contributed by atoms with E-state index in [1.165, 1.54) is 38.5 Å². The molecule has 0 heterocycles. The van der Waals surface area contributed by atoms with Gasteiger partial charge in [-0.15, -0.1) is 0 Å². The topological polar surface area (TPSA) is 93.1 Å². The highest BCUT2D eigenvalue weighted by molar-refractivity contribution is 6.15. The molecule has 0 atom stereocenters. The zero-order valence-electron chi connectivity index (χ0n) is 16.3. The third kappa shape index (κ3) is 8.18. The molecule has 0 fully saturated rings. The number of ether oxygens (including phenoxy) is 2. The predicted molar refractivity (Wildman–Crippen MR) is 110 cm³/mol. The number of phenolic OH excluding ortho intramolecular Hbond substituents is 2. The van der Waals surface area contributed by atoms with Gasteiger partial charge in [0, 0.05) is 0 Å². The normalized spacial score (nSPS) is 10.4. The van der Waals surface area contributed by atoms with E-state index in [9.17, 15) is 28.4 Å². The van der Waals surface area contributed by atoms with Gasteiger partial charge < -0.3 is 19.7 Å². The van der Waals surface area contributed by atoms with E-state index < -0.39 is 7.83 Å². The molecular formula is C21H20BF2O6. The van der Waals surface area contributed by atoms with E-state index >= 15 is 0 Å². The van der Waals surface area contributed by atoms with Gasteiger partial charge in [-0.1, -0.05) is 24.3 Å². The van der Waals surface area contributed by atoms with E-state index in [4.69, 9.17) is 9.47 Å². The number of halogens is 2. The van der Waals surface area contributed by atoms with E-state index in [1.807, 2.05) is 0 Å². The van der Waals surface area contributed by atoms with Crippen molar-refractivity contribution in [3.63, 3.8) is 0 Å². The van der Waals surface area contributed by atoms with Crippen LogP contribution in [0, 0.1) is 0 Å². The number of benzene rings is 2. The van der Waals surface area contributed by atoms with Gasteiger partial charge in [-0.25, -0.2) is 0 Å². The van der Waals surface area contributed by atoms with Crippen molar-refractivity contribution in [1.82, 2.24) is 0 Å². The summed E-state index contributed by atoms with van der Waals surface area (Å²) in [5.41, 5.74) is 1.33. The van der Waals surface area contributed by atoms with Crippen molar-refractivity contribution >= 4 is 31.6 Å². The first-order valence-electron chi connectivity index (χ1n) is 8.52. The van der Waals surface area contributed by atoms with Crippen LogP contribution in [-0.4, -0.2) is 43.8 Å². The quantitative estimate of drug-likeness (QED) is 0.385. The Hall–Kier alpha value is -3.62. The highest BCUT2D eigenvalue weighted by Crippen LogP contribution is 2.27. The van der Waals surface area contributed by atoms with Crippen LogP contribution in [-0.2, 0) is 9.59 Å². The Morgan fingerprint density at radius 2 is 1.23 bits per heavy atom. The van der Waals surface area contributed by atoms with Gasteiger partial charge >= 0.3 is 7.83 Å². The van der Waals surface area contributed by atoms with Gasteiger partial charge in [0.25, 0.3) is 0 Å². The van der Waals surface area contributed by atoms with Gasteiger partial charge in [0.2, 0.25) is 0 Å². The number of methoxy groups -OCH3 is 2. The maximum absolute atomic E-state index is 11.9. The van der Waals surface area contributed by atoms with E-state index in [0.717, 1.165) is 0 Å². The molecule has 9 heteroatoms. The molecule has 0 saturated heterocycles. The number of rotatable bonds is 8. The molecule has 0 spiro atoms. The molecule has 30 heavy (non-hydrogen) atoms. The van der Waals surface area contributed by atoms with E-state index in [-0.39, 0.29) is 29.5 Å². The van der Waals surface area contributed by atoms with Crippen LogP contribution in [0.1, 0.15) is 17.5 Å². The molecule has 157 valence electrons. The molecule has 2 rings (SSSR count). The lowest BCUT2D eigenvalue weighted by Crippen LogP contribution is -2.01. The maximum atomic E-state index is 11.9. The van der Waals surface area contributed by atoms with Gasteiger partial charge in [-0.3, -0.25) is 18.2 Å². The predicted octanol–water partition coefficient (Wildman–Crippen LogP) is 3.83. The lowest BCUT2D eigenvalue weighted by Gasteiger charge is -2.03. The first-order chi connectivity index (χ1) is 14.3. The summed E-state index contributed by atoms with van der Waals surface area (Å²) in [5, 5.41) is 19.1. The fourth-order valence-electron chi connectivity index (χ4n) is 2.26. The second-order valence-electron chi connectivity index (χ2n) is 5.72. The SMILES string of the molecule is COc1cc(/C=C/C(=O)CC(=O)/C=C/c2ccc(O)c(OC)c2)ccc1O.F[B]F. The van der Waals surface area contributed by atoms with E-state index in [2.05, 4.69) is 0 Å². The number of phenols is 2. The van der Waals surface area contributed by atoms with Crippen molar-refractivity contribution in [2.75, 3.05) is 14.2 Å². The molecule has 0 aromatic heterocycles. The Kier molecular flexibility index (Phi) is 10.4. The largest absolute Gasteiger partial charge is 0.577 e. The van der Waals surface area contributed by atoms with Crippen LogP contribution in [0.4, 0.5) is 8.63 Å². The second kappa shape index (κ2) is 12.8. The maximum Gasteiger partial charge on any atom is 0.577 e. The average molecular weight is 417 g/mol. The fraction of sp³-hybridized carbons (Fsp3) is 0.143. The van der Waals surface area contributed by atoms with Gasteiger partial charge in [0.15, 0.2) is 34.6 Å². The van der Waals surface area contributed by atoms with Crippen LogP contribution >= 0.6 is 0 Å². The van der Waals surface area contributed by atoms with E-state index in [1.54, 1.807) is 36.4 Å². The van der Waals surface area contributed by atoms with Crippen molar-refractivity contribution in [2.45, 2.75) is 6.42 Å². The van der Waals surface area contributed by atoms with Crippen molar-refractivity contribution in [3.8, 4) is 23.0 Å². The Morgan fingerprint density at radius 1 is 0.867 bits per heavy atom. The lowest BCUT2D eigenvalue weighted by atomic mass is 10.1. The summed E-state index contributed by atoms with van der Waals surface area (Å²) in [5.74, 6) is -0.0832. The first kappa shape index (κ1) is 24.4. The minimum Gasteiger partial charge on any atom is -0.504 e. The van der Waals surface area contributed by atoms with Gasteiger partial charge in [-0.2, -0.15) is 0 Å². The lowest BCUT2D eigenvalue weighted by molar-refractivity contribution is -0.121. The van der Waals surface area contributed by atoms with Crippen molar-refractivity contribution in [2.24, 2.45) is 0 Å². The number of carbonyl (C=O) groups excluding carboxylic acids is 2. The van der Waals surface area contributed by atoms with Crippen molar-refractivity contribution in [3.05, 3.63) is 59.7 Å². The fourth-order valence-corrected chi connectivity index (χ4v) is 2.26. The summed E-state index contributed by atoms with van der Waals surface area (Å²) in [6, 6.07) is 9.34. The third-order valence-electron chi connectivity index (χ3n) is 3.68. The van der Waals surface area contributed by atoms with Crippen LogP contribution < -0.4 is 9.47 Å². The zero-order valence-corrected chi connectivity index (χ0v) is 16.3. The number of hydrogen-bond acceptors (Lipinski definition) is 6. The van der Waals surface area contributed by atoms with Crippen LogP contribution in [0.2, 0.25) is 0 Å². The standard InChI is InChI=1S/C21H20O6.BF2/c1-26-20-11-14(5-9-18(20)24)3-7-16(22)13-17(23)8-4-15-6-10-19(25)21(12-15)27-2;2-1-3/h3-12,24-25H,13H2,1-2H3;/b7-3+,8-4+;. The summed E-state index contributed by atoms with van der Waals surface area (Å²) < 4.78 is 29.0. The Balaban J connectivity index is 0.00000141. The summed E-state index contributed by atoms with van der Waals surface area (Å²) in [6.45, 7) is 0. The molecule has 0 aliphatic heterocycles. The van der Waals surface area contributed by atoms with Crippen LogP contribution in [0.3, 0.4) is 0 Å². The molecule has 6 nitrogen and oxygen atoms in total. The molecule has 2 N–H and O–H groups in total.